The molecular formula is C15H18N2O3. The topological polar surface area (TPSA) is 60.9 Å². The van der Waals surface area contributed by atoms with Crippen molar-refractivity contribution in [2.24, 2.45) is 0 Å². The highest BCUT2D eigenvalue weighted by Crippen LogP contribution is 2.31. The maximum Gasteiger partial charge on any atom is 0.246 e. The number of amides is 2. The molecule has 5 heteroatoms. The van der Waals surface area contributed by atoms with Gasteiger partial charge in [0.15, 0.2) is 0 Å². The molecule has 0 radical (unpaired) electrons. The van der Waals surface area contributed by atoms with Crippen molar-refractivity contribution in [3.63, 3.8) is 0 Å². The maximum atomic E-state index is 12.0. The zero-order valence-electron chi connectivity index (χ0n) is 11.5. The van der Waals surface area contributed by atoms with E-state index < -0.39 is 5.60 Å². The Morgan fingerprint density at radius 1 is 1.40 bits per heavy atom. The lowest BCUT2D eigenvalue weighted by Gasteiger charge is -2.47. The molecule has 2 amide bonds. The van der Waals surface area contributed by atoms with Crippen LogP contribution in [0.2, 0.25) is 0 Å². The molecule has 1 heterocycles. The van der Waals surface area contributed by atoms with Gasteiger partial charge < -0.3 is 14.9 Å². The lowest BCUT2D eigenvalue weighted by Crippen LogP contribution is -2.62. The van der Waals surface area contributed by atoms with Gasteiger partial charge in [-0.2, -0.15) is 0 Å². The van der Waals surface area contributed by atoms with Crippen LogP contribution in [0.15, 0.2) is 43.0 Å². The molecule has 1 fully saturated rings. The summed E-state index contributed by atoms with van der Waals surface area (Å²) < 4.78 is 0. The predicted molar refractivity (Wildman–Crippen MR) is 74.8 cm³/mol. The van der Waals surface area contributed by atoms with Crippen molar-refractivity contribution in [1.29, 1.82) is 0 Å². The highest BCUT2D eigenvalue weighted by molar-refractivity contribution is 5.90. The third-order valence-corrected chi connectivity index (χ3v) is 3.49. The Hall–Kier alpha value is -2.14. The van der Waals surface area contributed by atoms with Gasteiger partial charge in [0, 0.05) is 7.05 Å². The third kappa shape index (κ3) is 2.72. The van der Waals surface area contributed by atoms with Gasteiger partial charge in [-0.05, 0) is 11.6 Å². The number of hydrogen-bond acceptors (Lipinski definition) is 3. The summed E-state index contributed by atoms with van der Waals surface area (Å²) in [4.78, 5) is 26.1. The van der Waals surface area contributed by atoms with E-state index >= 15 is 0 Å². The molecule has 1 N–H and O–H groups in total. The number of benzene rings is 1. The zero-order chi connectivity index (χ0) is 14.8. The quantitative estimate of drug-likeness (QED) is 0.807. The van der Waals surface area contributed by atoms with Crippen molar-refractivity contribution in [3.8, 4) is 0 Å². The Labute approximate surface area is 118 Å². The summed E-state index contributed by atoms with van der Waals surface area (Å²) in [6.07, 6.45) is 1.17. The second kappa shape index (κ2) is 5.46. The summed E-state index contributed by atoms with van der Waals surface area (Å²) in [5.41, 5.74) is -0.169. The summed E-state index contributed by atoms with van der Waals surface area (Å²) in [6.45, 7) is 3.88. The molecule has 1 aliphatic heterocycles. The van der Waals surface area contributed by atoms with Gasteiger partial charge in [-0.1, -0.05) is 36.9 Å². The molecule has 0 atom stereocenters. The van der Waals surface area contributed by atoms with Gasteiger partial charge in [0.25, 0.3) is 0 Å². The third-order valence-electron chi connectivity index (χ3n) is 3.49. The van der Waals surface area contributed by atoms with E-state index in [-0.39, 0.29) is 31.4 Å². The standard InChI is InChI=1S/C15H18N2O3/c1-3-13(18)16(2)9-14(19)17-10-15(20,11-17)12-7-5-4-6-8-12/h3-8,20H,1,9-11H2,2H3. The molecule has 1 aromatic carbocycles. The van der Waals surface area contributed by atoms with E-state index in [2.05, 4.69) is 6.58 Å². The molecule has 1 saturated heterocycles. The van der Waals surface area contributed by atoms with Crippen LogP contribution in [0.5, 0.6) is 0 Å². The van der Waals surface area contributed by atoms with Gasteiger partial charge in [-0.3, -0.25) is 9.59 Å². The molecule has 1 aliphatic rings. The smallest absolute Gasteiger partial charge is 0.246 e. The van der Waals surface area contributed by atoms with Gasteiger partial charge in [0.2, 0.25) is 11.8 Å². The van der Waals surface area contributed by atoms with E-state index in [0.29, 0.717) is 0 Å². The summed E-state index contributed by atoms with van der Waals surface area (Å²) in [7, 11) is 1.55. The van der Waals surface area contributed by atoms with Crippen molar-refractivity contribution in [2.75, 3.05) is 26.7 Å². The van der Waals surface area contributed by atoms with Gasteiger partial charge in [0.1, 0.15) is 5.60 Å². The van der Waals surface area contributed by atoms with Gasteiger partial charge in [-0.15, -0.1) is 0 Å². The fraction of sp³-hybridized carbons (Fsp3) is 0.333. The average molecular weight is 274 g/mol. The lowest BCUT2D eigenvalue weighted by molar-refractivity contribution is -0.159. The van der Waals surface area contributed by atoms with Crippen LogP contribution >= 0.6 is 0 Å². The van der Waals surface area contributed by atoms with Crippen LogP contribution in [-0.4, -0.2) is 53.4 Å². The van der Waals surface area contributed by atoms with E-state index in [1.165, 1.54) is 11.0 Å². The molecule has 0 spiro atoms. The number of nitrogens with zero attached hydrogens (tertiary/aromatic N) is 2. The average Bonchev–Trinajstić information content (AvgIpc) is 2.43. The fourth-order valence-electron chi connectivity index (χ4n) is 2.23. The Morgan fingerprint density at radius 2 is 2.00 bits per heavy atom. The van der Waals surface area contributed by atoms with E-state index in [0.717, 1.165) is 5.56 Å². The van der Waals surface area contributed by atoms with E-state index in [1.54, 1.807) is 11.9 Å². The first-order valence-corrected chi connectivity index (χ1v) is 6.39. The number of carbonyl (C=O) groups excluding carboxylic acids is 2. The first-order valence-electron chi connectivity index (χ1n) is 6.39. The molecule has 0 aromatic heterocycles. The van der Waals surface area contributed by atoms with Crippen LogP contribution in [0.4, 0.5) is 0 Å². The predicted octanol–water partition coefficient (Wildman–Crippen LogP) is 0.361. The van der Waals surface area contributed by atoms with Crippen molar-refractivity contribution in [3.05, 3.63) is 48.6 Å². The number of aliphatic hydroxyl groups is 1. The first kappa shape index (κ1) is 14.3. The van der Waals surface area contributed by atoms with E-state index in [9.17, 15) is 14.7 Å². The Balaban J connectivity index is 1.91. The van der Waals surface area contributed by atoms with Crippen LogP contribution in [0.1, 0.15) is 5.56 Å². The second-order valence-corrected chi connectivity index (χ2v) is 5.05. The normalized spacial score (nSPS) is 16.2. The van der Waals surface area contributed by atoms with Crippen LogP contribution in [0.25, 0.3) is 0 Å². The van der Waals surface area contributed by atoms with Crippen molar-refractivity contribution in [2.45, 2.75) is 5.60 Å². The number of likely N-dealkylation sites (tertiary alicyclic amines) is 1. The van der Waals surface area contributed by atoms with Crippen molar-refractivity contribution < 1.29 is 14.7 Å². The number of carbonyl (C=O) groups is 2. The molecule has 0 bridgehead atoms. The summed E-state index contributed by atoms with van der Waals surface area (Å²) in [6, 6.07) is 9.28. The number of hydrogen-bond donors (Lipinski definition) is 1. The minimum absolute atomic E-state index is 0.00424. The van der Waals surface area contributed by atoms with Crippen molar-refractivity contribution in [1.82, 2.24) is 9.80 Å². The van der Waals surface area contributed by atoms with Crippen LogP contribution < -0.4 is 0 Å². The molecule has 106 valence electrons. The van der Waals surface area contributed by atoms with Crippen LogP contribution in [0, 0.1) is 0 Å². The fourth-order valence-corrected chi connectivity index (χ4v) is 2.23. The highest BCUT2D eigenvalue weighted by atomic mass is 16.3. The lowest BCUT2D eigenvalue weighted by atomic mass is 9.86. The number of β-amino-alcohol motifs (C(OH)–C–C–N with tert-alkyl or cyclic N) is 1. The van der Waals surface area contributed by atoms with Gasteiger partial charge >= 0.3 is 0 Å². The van der Waals surface area contributed by atoms with Gasteiger partial charge in [0.05, 0.1) is 19.6 Å². The summed E-state index contributed by atoms with van der Waals surface area (Å²) in [5.74, 6) is -0.472. The molecule has 0 aliphatic carbocycles. The molecule has 1 aromatic rings. The van der Waals surface area contributed by atoms with Crippen LogP contribution in [0.3, 0.4) is 0 Å². The number of likely N-dealkylation sites (N-methyl/N-ethyl adjacent to an activating group) is 1. The molecular weight excluding hydrogens is 256 g/mol. The van der Waals surface area contributed by atoms with E-state index in [4.69, 9.17) is 0 Å². The molecule has 5 nitrogen and oxygen atoms in total. The van der Waals surface area contributed by atoms with E-state index in [1.807, 2.05) is 30.3 Å². The minimum Gasteiger partial charge on any atom is -0.381 e. The molecule has 2 rings (SSSR count). The summed E-state index contributed by atoms with van der Waals surface area (Å²) >= 11 is 0. The van der Waals surface area contributed by atoms with Gasteiger partial charge in [-0.25, -0.2) is 0 Å². The molecule has 20 heavy (non-hydrogen) atoms. The van der Waals surface area contributed by atoms with Crippen LogP contribution in [-0.2, 0) is 15.2 Å². The molecule has 0 unspecified atom stereocenters. The Bertz CT molecular complexity index is 521. The maximum absolute atomic E-state index is 12.0. The SMILES string of the molecule is C=CC(=O)N(C)CC(=O)N1CC(O)(c2ccccc2)C1. The minimum atomic E-state index is -0.974. The first-order chi connectivity index (χ1) is 9.46. The molecule has 0 saturated carbocycles. The monoisotopic (exact) mass is 274 g/mol. The Morgan fingerprint density at radius 3 is 2.55 bits per heavy atom. The second-order valence-electron chi connectivity index (χ2n) is 5.05. The largest absolute Gasteiger partial charge is 0.381 e. The summed E-state index contributed by atoms with van der Waals surface area (Å²) in [5, 5.41) is 10.4. The highest BCUT2D eigenvalue weighted by Gasteiger charge is 2.44. The Kier molecular flexibility index (Phi) is 3.90. The number of rotatable bonds is 4. The van der Waals surface area contributed by atoms with Crippen molar-refractivity contribution >= 4 is 11.8 Å². The zero-order valence-corrected chi connectivity index (χ0v) is 11.5.